The van der Waals surface area contributed by atoms with E-state index in [-0.39, 0.29) is 25.2 Å². The smallest absolute Gasteiger partial charge is 0.410 e. The van der Waals surface area contributed by atoms with E-state index in [1.54, 1.807) is 9.80 Å². The van der Waals surface area contributed by atoms with E-state index in [0.717, 1.165) is 5.56 Å². The summed E-state index contributed by atoms with van der Waals surface area (Å²) in [4.78, 5) is 38.5. The Hall–Kier alpha value is -2.77. The van der Waals surface area contributed by atoms with Crippen LogP contribution < -0.4 is 5.32 Å². The number of rotatable bonds is 3. The molecular formula is C16H19N3O5. The van der Waals surface area contributed by atoms with Gasteiger partial charge in [-0.3, -0.25) is 4.79 Å². The highest BCUT2D eigenvalue weighted by atomic mass is 16.6. The molecule has 0 spiro atoms. The number of benzene rings is 1. The van der Waals surface area contributed by atoms with E-state index in [1.165, 1.54) is 0 Å². The average molecular weight is 333 g/mol. The van der Waals surface area contributed by atoms with E-state index in [2.05, 4.69) is 5.32 Å². The Kier molecular flexibility index (Phi) is 4.83. The highest BCUT2D eigenvalue weighted by molar-refractivity contribution is 5.88. The molecule has 128 valence electrons. The van der Waals surface area contributed by atoms with Gasteiger partial charge < -0.3 is 24.6 Å². The van der Waals surface area contributed by atoms with Gasteiger partial charge in [0, 0.05) is 26.2 Å². The van der Waals surface area contributed by atoms with Crippen LogP contribution in [0.1, 0.15) is 5.56 Å². The number of cyclic esters (lactones) is 1. The van der Waals surface area contributed by atoms with E-state index in [9.17, 15) is 14.4 Å². The van der Waals surface area contributed by atoms with Crippen molar-refractivity contribution in [2.75, 3.05) is 32.8 Å². The average Bonchev–Trinajstić information content (AvgIpc) is 3.06. The van der Waals surface area contributed by atoms with E-state index in [1.807, 2.05) is 30.3 Å². The lowest BCUT2D eigenvalue weighted by Crippen LogP contribution is -2.54. The molecule has 3 rings (SSSR count). The van der Waals surface area contributed by atoms with Crippen LogP contribution in [0.2, 0.25) is 0 Å². The van der Waals surface area contributed by atoms with Crippen LogP contribution in [-0.4, -0.2) is 66.7 Å². The summed E-state index contributed by atoms with van der Waals surface area (Å²) in [5.41, 5.74) is 0.927. The minimum atomic E-state index is -0.630. The Morgan fingerprint density at radius 1 is 1.12 bits per heavy atom. The van der Waals surface area contributed by atoms with Crippen molar-refractivity contribution in [2.24, 2.45) is 0 Å². The largest absolute Gasteiger partial charge is 0.447 e. The summed E-state index contributed by atoms with van der Waals surface area (Å²) in [6, 6.07) is 8.83. The molecule has 8 heteroatoms. The number of amides is 3. The van der Waals surface area contributed by atoms with Crippen molar-refractivity contribution in [1.82, 2.24) is 15.1 Å². The fourth-order valence-electron chi connectivity index (χ4n) is 2.66. The number of hydrogen-bond acceptors (Lipinski definition) is 5. The van der Waals surface area contributed by atoms with Crippen molar-refractivity contribution >= 4 is 18.1 Å². The topological polar surface area (TPSA) is 88.2 Å². The molecule has 2 heterocycles. The number of carbonyl (C=O) groups excluding carboxylic acids is 3. The van der Waals surface area contributed by atoms with Crippen molar-refractivity contribution in [3.63, 3.8) is 0 Å². The van der Waals surface area contributed by atoms with Crippen LogP contribution in [0, 0.1) is 0 Å². The Balaban J connectivity index is 1.43. The van der Waals surface area contributed by atoms with Gasteiger partial charge in [0.05, 0.1) is 0 Å². The zero-order valence-electron chi connectivity index (χ0n) is 13.1. The van der Waals surface area contributed by atoms with Crippen molar-refractivity contribution < 1.29 is 23.9 Å². The molecule has 2 aliphatic heterocycles. The first kappa shape index (κ1) is 16.1. The Labute approximate surface area is 139 Å². The molecule has 3 amide bonds. The first-order valence-electron chi connectivity index (χ1n) is 7.81. The van der Waals surface area contributed by atoms with Crippen molar-refractivity contribution in [2.45, 2.75) is 12.6 Å². The summed E-state index contributed by atoms with van der Waals surface area (Å²) < 4.78 is 10.0. The number of alkyl carbamates (subject to hydrolysis) is 1. The Morgan fingerprint density at radius 2 is 1.79 bits per heavy atom. The highest BCUT2D eigenvalue weighted by Gasteiger charge is 2.34. The summed E-state index contributed by atoms with van der Waals surface area (Å²) in [6.07, 6.45) is -0.958. The Morgan fingerprint density at radius 3 is 2.42 bits per heavy atom. The van der Waals surface area contributed by atoms with Crippen molar-refractivity contribution in [3.05, 3.63) is 35.9 Å². The SMILES string of the molecule is O=C1N[C@@H](C(=O)N2CCN(C(=O)OCc3ccccc3)CC2)CO1. The maximum atomic E-state index is 12.2. The van der Waals surface area contributed by atoms with Gasteiger partial charge in [0.25, 0.3) is 0 Å². The third-order valence-electron chi connectivity index (χ3n) is 4.03. The molecule has 1 aromatic rings. The molecule has 0 bridgehead atoms. The third kappa shape index (κ3) is 3.76. The molecule has 0 aliphatic carbocycles. The molecule has 1 aromatic carbocycles. The maximum absolute atomic E-state index is 12.2. The van der Waals surface area contributed by atoms with E-state index in [4.69, 9.17) is 9.47 Å². The molecule has 0 saturated carbocycles. The normalized spacial score (nSPS) is 20.3. The third-order valence-corrected chi connectivity index (χ3v) is 4.03. The van der Waals surface area contributed by atoms with Crippen LogP contribution >= 0.6 is 0 Å². The van der Waals surface area contributed by atoms with Crippen LogP contribution in [0.4, 0.5) is 9.59 Å². The van der Waals surface area contributed by atoms with Gasteiger partial charge in [-0.15, -0.1) is 0 Å². The van der Waals surface area contributed by atoms with Gasteiger partial charge >= 0.3 is 12.2 Å². The quantitative estimate of drug-likeness (QED) is 0.874. The van der Waals surface area contributed by atoms with Gasteiger partial charge in [-0.05, 0) is 5.56 Å². The predicted octanol–water partition coefficient (Wildman–Crippen LogP) is 0.576. The summed E-state index contributed by atoms with van der Waals surface area (Å²) in [6.45, 7) is 1.90. The second kappa shape index (κ2) is 7.20. The summed E-state index contributed by atoms with van der Waals surface area (Å²) in [5.74, 6) is -0.182. The number of hydrogen-bond donors (Lipinski definition) is 1. The fraction of sp³-hybridized carbons (Fsp3) is 0.438. The minimum Gasteiger partial charge on any atom is -0.447 e. The second-order valence-electron chi connectivity index (χ2n) is 5.65. The van der Waals surface area contributed by atoms with Crippen LogP contribution in [0.15, 0.2) is 30.3 Å². The van der Waals surface area contributed by atoms with Crippen molar-refractivity contribution in [1.29, 1.82) is 0 Å². The molecule has 1 atom stereocenters. The lowest BCUT2D eigenvalue weighted by atomic mass is 10.2. The summed E-state index contributed by atoms with van der Waals surface area (Å²) >= 11 is 0. The number of nitrogens with one attached hydrogen (secondary N) is 1. The standard InChI is InChI=1S/C16H19N3O5/c20-14(13-11-23-15(21)17-13)18-6-8-19(9-7-18)16(22)24-10-12-4-2-1-3-5-12/h1-5,13H,6-11H2,(H,17,21)/t13-/m1/s1. The van der Waals surface area contributed by atoms with Crippen molar-refractivity contribution in [3.8, 4) is 0 Å². The van der Waals surface area contributed by atoms with Crippen LogP contribution in [-0.2, 0) is 20.9 Å². The molecule has 1 N–H and O–H groups in total. The minimum absolute atomic E-state index is 0.0526. The molecule has 2 saturated heterocycles. The van der Waals surface area contributed by atoms with Gasteiger partial charge in [-0.1, -0.05) is 30.3 Å². The van der Waals surface area contributed by atoms with Crippen LogP contribution in [0.25, 0.3) is 0 Å². The first-order chi connectivity index (χ1) is 11.6. The molecule has 8 nitrogen and oxygen atoms in total. The lowest BCUT2D eigenvalue weighted by Gasteiger charge is -2.34. The van der Waals surface area contributed by atoms with Crippen LogP contribution in [0.3, 0.4) is 0 Å². The number of nitrogens with zero attached hydrogens (tertiary/aromatic N) is 2. The monoisotopic (exact) mass is 333 g/mol. The Bertz CT molecular complexity index is 613. The summed E-state index contributed by atoms with van der Waals surface area (Å²) in [7, 11) is 0. The highest BCUT2D eigenvalue weighted by Crippen LogP contribution is 2.10. The molecule has 24 heavy (non-hydrogen) atoms. The number of ether oxygens (including phenoxy) is 2. The van der Waals surface area contributed by atoms with Gasteiger partial charge in [0.1, 0.15) is 19.3 Å². The predicted molar refractivity (Wildman–Crippen MR) is 83.1 cm³/mol. The van der Waals surface area contributed by atoms with Gasteiger partial charge in [-0.2, -0.15) is 0 Å². The van der Waals surface area contributed by atoms with Gasteiger partial charge in [0.15, 0.2) is 0 Å². The van der Waals surface area contributed by atoms with Crippen LogP contribution in [0.5, 0.6) is 0 Å². The molecule has 0 unspecified atom stereocenters. The molecule has 2 aliphatic rings. The van der Waals surface area contributed by atoms with E-state index < -0.39 is 12.1 Å². The zero-order chi connectivity index (χ0) is 16.9. The van der Waals surface area contributed by atoms with E-state index in [0.29, 0.717) is 26.2 Å². The summed E-state index contributed by atoms with van der Waals surface area (Å²) in [5, 5.41) is 2.47. The molecule has 0 radical (unpaired) electrons. The second-order valence-corrected chi connectivity index (χ2v) is 5.65. The molecule has 0 aromatic heterocycles. The molecular weight excluding hydrogens is 314 g/mol. The van der Waals surface area contributed by atoms with Gasteiger partial charge in [0.2, 0.25) is 5.91 Å². The lowest BCUT2D eigenvalue weighted by molar-refractivity contribution is -0.134. The number of piperazine rings is 1. The zero-order valence-corrected chi connectivity index (χ0v) is 13.1. The first-order valence-corrected chi connectivity index (χ1v) is 7.81. The fourth-order valence-corrected chi connectivity index (χ4v) is 2.66. The molecule has 2 fully saturated rings. The maximum Gasteiger partial charge on any atom is 0.410 e. The van der Waals surface area contributed by atoms with Gasteiger partial charge in [-0.25, -0.2) is 9.59 Å². The number of carbonyl (C=O) groups is 3. The van der Waals surface area contributed by atoms with E-state index >= 15 is 0 Å².